The highest BCUT2D eigenvalue weighted by atomic mass is 79.9. The molecule has 0 saturated carbocycles. The molecule has 3 aromatic rings. The van der Waals surface area contributed by atoms with Crippen molar-refractivity contribution in [1.29, 1.82) is 0 Å². The summed E-state index contributed by atoms with van der Waals surface area (Å²) < 4.78 is 5.67. The molecule has 1 aromatic heterocycles. The molecule has 0 atom stereocenters. The molecule has 0 aliphatic carbocycles. The zero-order valence-electron chi connectivity index (χ0n) is 10.1. The zero-order chi connectivity index (χ0) is 14.3. The van der Waals surface area contributed by atoms with Crippen molar-refractivity contribution in [3.63, 3.8) is 0 Å². The van der Waals surface area contributed by atoms with E-state index in [0.717, 1.165) is 5.56 Å². The van der Waals surface area contributed by atoms with Crippen LogP contribution in [0.5, 0.6) is 11.5 Å². The minimum Gasteiger partial charge on any atom is -0.508 e. The van der Waals surface area contributed by atoms with Gasteiger partial charge in [0, 0.05) is 27.6 Å². The summed E-state index contributed by atoms with van der Waals surface area (Å²) in [4.78, 5) is 11.2. The predicted octanol–water partition coefficient (Wildman–Crippen LogP) is 3.63. The Labute approximate surface area is 122 Å². The van der Waals surface area contributed by atoms with Gasteiger partial charge in [0.15, 0.2) is 0 Å². The molecule has 1 heterocycles. The van der Waals surface area contributed by atoms with Crippen LogP contribution in [0.15, 0.2) is 56.1 Å². The molecule has 2 N–H and O–H groups in total. The van der Waals surface area contributed by atoms with E-state index in [1.807, 2.05) is 0 Å². The fourth-order valence-electron chi connectivity index (χ4n) is 2.04. The normalized spacial score (nSPS) is 10.8. The fraction of sp³-hybridized carbons (Fsp3) is 0. The van der Waals surface area contributed by atoms with Gasteiger partial charge in [0.1, 0.15) is 17.1 Å². The van der Waals surface area contributed by atoms with E-state index in [1.165, 1.54) is 18.2 Å². The van der Waals surface area contributed by atoms with Crippen LogP contribution in [0.1, 0.15) is 0 Å². The lowest BCUT2D eigenvalue weighted by Gasteiger charge is -2.09. The number of halogens is 1. The van der Waals surface area contributed by atoms with Crippen LogP contribution in [0.2, 0.25) is 0 Å². The number of hydrogen-bond acceptors (Lipinski definition) is 4. The average Bonchev–Trinajstić information content (AvgIpc) is 2.38. The van der Waals surface area contributed by atoms with Gasteiger partial charge in [0.2, 0.25) is 0 Å². The first-order chi connectivity index (χ1) is 9.54. The molecule has 4 nitrogen and oxygen atoms in total. The Morgan fingerprint density at radius 3 is 2.50 bits per heavy atom. The smallest absolute Gasteiger partial charge is 0.336 e. The first-order valence-corrected chi connectivity index (χ1v) is 6.59. The number of phenolic OH excluding ortho intramolecular Hbond substituents is 2. The van der Waals surface area contributed by atoms with Gasteiger partial charge in [0.25, 0.3) is 0 Å². The van der Waals surface area contributed by atoms with Crippen molar-refractivity contribution in [1.82, 2.24) is 0 Å². The Morgan fingerprint density at radius 2 is 1.75 bits per heavy atom. The summed E-state index contributed by atoms with van der Waals surface area (Å²) in [6, 6.07) is 10.9. The molecule has 0 unspecified atom stereocenters. The van der Waals surface area contributed by atoms with Crippen LogP contribution in [0.4, 0.5) is 0 Å². The lowest BCUT2D eigenvalue weighted by molar-refractivity contribution is 0.473. The minimum absolute atomic E-state index is 0.00163. The van der Waals surface area contributed by atoms with Crippen molar-refractivity contribution in [2.45, 2.75) is 0 Å². The van der Waals surface area contributed by atoms with E-state index < -0.39 is 5.63 Å². The van der Waals surface area contributed by atoms with E-state index in [2.05, 4.69) is 15.9 Å². The molecule has 0 spiro atoms. The molecule has 0 aliphatic rings. The second-order valence-corrected chi connectivity index (χ2v) is 5.18. The maximum absolute atomic E-state index is 11.2. The highest BCUT2D eigenvalue weighted by Gasteiger charge is 2.11. The molecule has 5 heteroatoms. The molecule has 0 radical (unpaired) electrons. The van der Waals surface area contributed by atoms with Crippen molar-refractivity contribution >= 4 is 26.9 Å². The molecular formula is C15H9BrO4. The Balaban J connectivity index is 2.28. The maximum atomic E-state index is 11.2. The van der Waals surface area contributed by atoms with Gasteiger partial charge >= 0.3 is 5.63 Å². The number of hydrogen-bond donors (Lipinski definition) is 2. The summed E-state index contributed by atoms with van der Waals surface area (Å²) in [5.74, 6) is 0.130. The Morgan fingerprint density at radius 1 is 0.950 bits per heavy atom. The van der Waals surface area contributed by atoms with Crippen LogP contribution in [0.3, 0.4) is 0 Å². The van der Waals surface area contributed by atoms with Gasteiger partial charge in [-0.25, -0.2) is 4.79 Å². The summed E-state index contributed by atoms with van der Waals surface area (Å²) in [5, 5.41) is 20.2. The molecular weight excluding hydrogens is 324 g/mol. The van der Waals surface area contributed by atoms with E-state index in [9.17, 15) is 15.0 Å². The summed E-state index contributed by atoms with van der Waals surface area (Å²) >= 11 is 3.35. The van der Waals surface area contributed by atoms with Crippen molar-refractivity contribution in [2.75, 3.05) is 0 Å². The van der Waals surface area contributed by atoms with Crippen LogP contribution in [0, 0.1) is 0 Å². The molecule has 100 valence electrons. The van der Waals surface area contributed by atoms with Crippen molar-refractivity contribution in [3.8, 4) is 22.6 Å². The van der Waals surface area contributed by atoms with Gasteiger partial charge in [-0.15, -0.1) is 0 Å². The van der Waals surface area contributed by atoms with Crippen LogP contribution in [0.25, 0.3) is 22.1 Å². The second kappa shape index (κ2) is 4.68. The van der Waals surface area contributed by atoms with Gasteiger partial charge < -0.3 is 14.6 Å². The Hall–Kier alpha value is -2.27. The molecule has 0 bridgehead atoms. The van der Waals surface area contributed by atoms with E-state index >= 15 is 0 Å². The highest BCUT2D eigenvalue weighted by molar-refractivity contribution is 9.10. The van der Waals surface area contributed by atoms with Gasteiger partial charge in [-0.1, -0.05) is 15.9 Å². The molecule has 0 saturated heterocycles. The number of rotatable bonds is 1. The lowest BCUT2D eigenvalue weighted by atomic mass is 10.0. The SMILES string of the molecule is O=c1ccc2cc(-c3ccc(O)cc3Br)c(O)cc2o1. The van der Waals surface area contributed by atoms with Crippen LogP contribution in [-0.2, 0) is 0 Å². The fourth-order valence-corrected chi connectivity index (χ4v) is 2.62. The summed E-state index contributed by atoms with van der Waals surface area (Å²) in [6.07, 6.45) is 0. The third kappa shape index (κ3) is 2.16. The quantitative estimate of drug-likeness (QED) is 0.667. The van der Waals surface area contributed by atoms with Gasteiger partial charge in [-0.2, -0.15) is 0 Å². The topological polar surface area (TPSA) is 70.7 Å². The summed E-state index contributed by atoms with van der Waals surface area (Å²) in [5.41, 5.74) is 1.18. The van der Waals surface area contributed by atoms with Gasteiger partial charge in [-0.05, 0) is 35.9 Å². The van der Waals surface area contributed by atoms with E-state index in [-0.39, 0.29) is 11.5 Å². The third-order valence-corrected chi connectivity index (χ3v) is 3.64. The van der Waals surface area contributed by atoms with Crippen molar-refractivity contribution in [3.05, 3.63) is 57.4 Å². The van der Waals surface area contributed by atoms with E-state index in [1.54, 1.807) is 24.3 Å². The third-order valence-electron chi connectivity index (χ3n) is 2.98. The monoisotopic (exact) mass is 332 g/mol. The molecule has 0 amide bonds. The Kier molecular flexibility index (Phi) is 2.99. The first kappa shape index (κ1) is 12.7. The number of benzene rings is 2. The maximum Gasteiger partial charge on any atom is 0.336 e. The van der Waals surface area contributed by atoms with Crippen molar-refractivity contribution in [2.24, 2.45) is 0 Å². The molecule has 20 heavy (non-hydrogen) atoms. The first-order valence-electron chi connectivity index (χ1n) is 5.80. The largest absolute Gasteiger partial charge is 0.508 e. The zero-order valence-corrected chi connectivity index (χ0v) is 11.7. The molecule has 0 aliphatic heterocycles. The second-order valence-electron chi connectivity index (χ2n) is 4.33. The van der Waals surface area contributed by atoms with Gasteiger partial charge in [-0.3, -0.25) is 0 Å². The Bertz CT molecular complexity index is 867. The predicted molar refractivity (Wildman–Crippen MR) is 78.9 cm³/mol. The van der Waals surface area contributed by atoms with Crippen molar-refractivity contribution < 1.29 is 14.6 Å². The van der Waals surface area contributed by atoms with E-state index in [4.69, 9.17) is 4.42 Å². The summed E-state index contributed by atoms with van der Waals surface area (Å²) in [7, 11) is 0. The number of phenols is 2. The molecule has 3 rings (SSSR count). The summed E-state index contributed by atoms with van der Waals surface area (Å²) in [6.45, 7) is 0. The number of fused-ring (bicyclic) bond motifs is 1. The van der Waals surface area contributed by atoms with Crippen LogP contribution in [-0.4, -0.2) is 10.2 Å². The van der Waals surface area contributed by atoms with Gasteiger partial charge in [0.05, 0.1) is 0 Å². The average molecular weight is 333 g/mol. The van der Waals surface area contributed by atoms with Crippen LogP contribution < -0.4 is 5.63 Å². The lowest BCUT2D eigenvalue weighted by Crippen LogP contribution is -1.94. The molecule has 2 aromatic carbocycles. The highest BCUT2D eigenvalue weighted by Crippen LogP contribution is 2.38. The standard InChI is InChI=1S/C15H9BrO4/c16-12-6-9(17)2-3-10(12)11-5-8-1-4-15(19)20-14(8)7-13(11)18/h1-7,17-18H. The molecule has 0 fully saturated rings. The number of aromatic hydroxyl groups is 2. The van der Waals surface area contributed by atoms with E-state index in [0.29, 0.717) is 21.0 Å². The van der Waals surface area contributed by atoms with Crippen LogP contribution >= 0.6 is 15.9 Å². The minimum atomic E-state index is -0.463.